The van der Waals surface area contributed by atoms with Crippen molar-refractivity contribution in [1.29, 1.82) is 0 Å². The smallest absolute Gasteiger partial charge is 0.325 e. The van der Waals surface area contributed by atoms with Crippen LogP contribution < -0.4 is 4.90 Å². The standard InChI is InChI=1S/C15H16ClNO2S.ClH/c1-19-15(18)11-17(9-8-12-5-4-10-20-12)14-7-3-2-6-13(14)16;/h2-7,10H,8-9,11H2,1H3;1H. The minimum atomic E-state index is -0.268. The van der Waals surface area contributed by atoms with Crippen LogP contribution in [0.4, 0.5) is 5.69 Å². The zero-order valence-electron chi connectivity index (χ0n) is 11.6. The molecule has 0 radical (unpaired) electrons. The quantitative estimate of drug-likeness (QED) is 0.739. The van der Waals surface area contributed by atoms with Gasteiger partial charge in [0.15, 0.2) is 0 Å². The molecular weight excluding hydrogens is 329 g/mol. The maximum atomic E-state index is 11.6. The summed E-state index contributed by atoms with van der Waals surface area (Å²) in [7, 11) is 1.40. The maximum absolute atomic E-state index is 11.6. The van der Waals surface area contributed by atoms with Crippen LogP contribution in [-0.2, 0) is 16.0 Å². The van der Waals surface area contributed by atoms with Gasteiger partial charge in [-0.2, -0.15) is 0 Å². The van der Waals surface area contributed by atoms with E-state index in [9.17, 15) is 4.79 Å². The van der Waals surface area contributed by atoms with Crippen molar-refractivity contribution in [2.24, 2.45) is 0 Å². The second-order valence-electron chi connectivity index (χ2n) is 4.28. The number of rotatable bonds is 6. The molecule has 0 unspecified atom stereocenters. The SMILES string of the molecule is COC(=O)CN(CCc1cccs1)c1ccccc1Cl.Cl. The molecule has 21 heavy (non-hydrogen) atoms. The molecule has 1 aromatic carbocycles. The lowest BCUT2D eigenvalue weighted by atomic mass is 10.2. The first-order valence-electron chi connectivity index (χ1n) is 6.29. The van der Waals surface area contributed by atoms with E-state index >= 15 is 0 Å². The van der Waals surface area contributed by atoms with Gasteiger partial charge >= 0.3 is 5.97 Å². The van der Waals surface area contributed by atoms with E-state index in [1.807, 2.05) is 35.2 Å². The van der Waals surface area contributed by atoms with Crippen molar-refractivity contribution in [3.63, 3.8) is 0 Å². The third-order valence-electron chi connectivity index (χ3n) is 2.95. The van der Waals surface area contributed by atoms with Crippen molar-refractivity contribution in [2.45, 2.75) is 6.42 Å². The first-order chi connectivity index (χ1) is 9.70. The van der Waals surface area contributed by atoms with Gasteiger partial charge in [-0.15, -0.1) is 23.7 Å². The highest BCUT2D eigenvalue weighted by Crippen LogP contribution is 2.25. The Bertz CT molecular complexity index is 561. The van der Waals surface area contributed by atoms with Gasteiger partial charge in [-0.25, -0.2) is 0 Å². The number of para-hydroxylation sites is 1. The van der Waals surface area contributed by atoms with E-state index in [0.717, 1.165) is 18.7 Å². The largest absolute Gasteiger partial charge is 0.468 e. The average molecular weight is 346 g/mol. The summed E-state index contributed by atoms with van der Waals surface area (Å²) < 4.78 is 4.76. The summed E-state index contributed by atoms with van der Waals surface area (Å²) in [5.41, 5.74) is 0.858. The molecule has 2 rings (SSSR count). The molecule has 0 amide bonds. The van der Waals surface area contributed by atoms with E-state index in [0.29, 0.717) is 5.02 Å². The van der Waals surface area contributed by atoms with E-state index in [-0.39, 0.29) is 24.9 Å². The molecule has 6 heteroatoms. The number of benzene rings is 1. The first-order valence-corrected chi connectivity index (χ1v) is 7.55. The van der Waals surface area contributed by atoms with Gasteiger partial charge in [0.1, 0.15) is 6.54 Å². The molecule has 0 saturated heterocycles. The average Bonchev–Trinajstić information content (AvgIpc) is 2.97. The fourth-order valence-corrected chi connectivity index (χ4v) is 2.87. The normalized spacial score (nSPS) is 9.81. The van der Waals surface area contributed by atoms with Crippen molar-refractivity contribution in [3.8, 4) is 0 Å². The summed E-state index contributed by atoms with van der Waals surface area (Å²) in [6.07, 6.45) is 0.875. The molecule has 0 fully saturated rings. The number of esters is 1. The molecule has 0 aliphatic carbocycles. The topological polar surface area (TPSA) is 29.5 Å². The lowest BCUT2D eigenvalue weighted by molar-refractivity contribution is -0.138. The Balaban J connectivity index is 0.00000220. The minimum absolute atomic E-state index is 0. The molecule has 1 aromatic heterocycles. The van der Waals surface area contributed by atoms with Gasteiger partial charge in [-0.3, -0.25) is 4.79 Å². The Morgan fingerprint density at radius 3 is 2.67 bits per heavy atom. The summed E-state index contributed by atoms with van der Waals surface area (Å²) >= 11 is 7.93. The number of anilines is 1. The lowest BCUT2D eigenvalue weighted by Crippen LogP contribution is -2.32. The predicted octanol–water partition coefficient (Wildman–Crippen LogP) is 4.05. The third kappa shape index (κ3) is 5.23. The summed E-state index contributed by atoms with van der Waals surface area (Å²) in [6, 6.07) is 11.7. The van der Waals surface area contributed by atoms with Crippen LogP contribution in [0.3, 0.4) is 0 Å². The number of methoxy groups -OCH3 is 1. The Morgan fingerprint density at radius 2 is 2.05 bits per heavy atom. The molecule has 0 saturated carbocycles. The van der Waals surface area contributed by atoms with Crippen molar-refractivity contribution in [1.82, 2.24) is 0 Å². The molecule has 114 valence electrons. The fourth-order valence-electron chi connectivity index (χ4n) is 1.91. The second kappa shape index (κ2) is 8.93. The highest BCUT2D eigenvalue weighted by molar-refractivity contribution is 7.09. The maximum Gasteiger partial charge on any atom is 0.325 e. The molecule has 0 spiro atoms. The second-order valence-corrected chi connectivity index (χ2v) is 5.72. The number of halogens is 2. The zero-order chi connectivity index (χ0) is 14.4. The summed E-state index contributed by atoms with van der Waals surface area (Å²) in [5.74, 6) is -0.268. The van der Waals surface area contributed by atoms with Gasteiger partial charge in [0.05, 0.1) is 17.8 Å². The number of hydrogen-bond acceptors (Lipinski definition) is 4. The van der Waals surface area contributed by atoms with Crippen LogP contribution >= 0.6 is 35.3 Å². The summed E-state index contributed by atoms with van der Waals surface area (Å²) in [5, 5.41) is 2.69. The van der Waals surface area contributed by atoms with Crippen LogP contribution in [0.1, 0.15) is 4.88 Å². The van der Waals surface area contributed by atoms with Crippen LogP contribution in [0.25, 0.3) is 0 Å². The van der Waals surface area contributed by atoms with E-state index in [1.165, 1.54) is 12.0 Å². The van der Waals surface area contributed by atoms with E-state index in [2.05, 4.69) is 11.4 Å². The number of carbonyl (C=O) groups excluding carboxylic acids is 1. The molecule has 0 atom stereocenters. The Hall–Kier alpha value is -1.23. The van der Waals surface area contributed by atoms with E-state index < -0.39 is 0 Å². The van der Waals surface area contributed by atoms with Crippen molar-refractivity contribution in [3.05, 3.63) is 51.7 Å². The summed E-state index contributed by atoms with van der Waals surface area (Å²) in [6.45, 7) is 0.922. The van der Waals surface area contributed by atoms with Crippen LogP contribution in [0.15, 0.2) is 41.8 Å². The molecular formula is C15H17Cl2NO2S. The third-order valence-corrected chi connectivity index (χ3v) is 4.20. The van der Waals surface area contributed by atoms with E-state index in [4.69, 9.17) is 16.3 Å². The fraction of sp³-hybridized carbons (Fsp3) is 0.267. The van der Waals surface area contributed by atoms with Gasteiger partial charge in [-0.1, -0.05) is 29.8 Å². The van der Waals surface area contributed by atoms with Gasteiger partial charge in [0.2, 0.25) is 0 Å². The molecule has 1 heterocycles. The minimum Gasteiger partial charge on any atom is -0.468 e. The number of nitrogens with zero attached hydrogens (tertiary/aromatic N) is 1. The van der Waals surface area contributed by atoms with Gasteiger partial charge in [0, 0.05) is 11.4 Å². The number of carbonyl (C=O) groups is 1. The summed E-state index contributed by atoms with van der Waals surface area (Å²) in [4.78, 5) is 14.8. The van der Waals surface area contributed by atoms with Crippen molar-refractivity contribution >= 4 is 47.0 Å². The van der Waals surface area contributed by atoms with Gasteiger partial charge in [-0.05, 0) is 30.0 Å². The molecule has 2 aromatic rings. The van der Waals surface area contributed by atoms with Crippen LogP contribution in [0.5, 0.6) is 0 Å². The van der Waals surface area contributed by atoms with Crippen LogP contribution in [-0.4, -0.2) is 26.2 Å². The van der Waals surface area contributed by atoms with E-state index in [1.54, 1.807) is 11.3 Å². The van der Waals surface area contributed by atoms with Gasteiger partial charge < -0.3 is 9.64 Å². The number of ether oxygens (including phenoxy) is 1. The molecule has 0 aliphatic heterocycles. The molecule has 0 aliphatic rings. The van der Waals surface area contributed by atoms with Crippen molar-refractivity contribution < 1.29 is 9.53 Å². The van der Waals surface area contributed by atoms with Crippen LogP contribution in [0.2, 0.25) is 5.02 Å². The monoisotopic (exact) mass is 345 g/mol. The number of thiophene rings is 1. The van der Waals surface area contributed by atoms with Gasteiger partial charge in [0.25, 0.3) is 0 Å². The zero-order valence-corrected chi connectivity index (χ0v) is 14.0. The highest BCUT2D eigenvalue weighted by atomic mass is 35.5. The Kier molecular flexibility index (Phi) is 7.57. The van der Waals surface area contributed by atoms with Crippen LogP contribution in [0, 0.1) is 0 Å². The molecule has 3 nitrogen and oxygen atoms in total. The molecule has 0 N–H and O–H groups in total. The Morgan fingerprint density at radius 1 is 1.29 bits per heavy atom. The number of hydrogen-bond donors (Lipinski definition) is 0. The lowest BCUT2D eigenvalue weighted by Gasteiger charge is -2.24. The van der Waals surface area contributed by atoms with Crippen molar-refractivity contribution in [2.75, 3.05) is 25.1 Å². The predicted molar refractivity (Wildman–Crippen MR) is 91.0 cm³/mol. The molecule has 0 bridgehead atoms. The first kappa shape index (κ1) is 17.8. The highest BCUT2D eigenvalue weighted by Gasteiger charge is 2.14. The Labute approximate surface area is 139 Å².